The Morgan fingerprint density at radius 2 is 2.06 bits per heavy atom. The number of aliphatic carboxylic acids is 1. The molecule has 1 heterocycles. The fourth-order valence-corrected chi connectivity index (χ4v) is 2.29. The lowest BCUT2D eigenvalue weighted by Crippen LogP contribution is -2.44. The van der Waals surface area contributed by atoms with E-state index >= 15 is 0 Å². The summed E-state index contributed by atoms with van der Waals surface area (Å²) in [5.74, 6) is -1.59. The van der Waals surface area contributed by atoms with Gasteiger partial charge in [0.15, 0.2) is 0 Å². The predicted octanol–water partition coefficient (Wildman–Crippen LogP) is 1.52. The molecule has 2 N–H and O–H groups in total. The van der Waals surface area contributed by atoms with Gasteiger partial charge < -0.3 is 10.4 Å². The number of hydrogen-bond acceptors (Lipinski definition) is 2. The number of piperidine rings is 1. The van der Waals surface area contributed by atoms with E-state index in [-0.39, 0.29) is 11.9 Å². The third kappa shape index (κ3) is 2.64. The zero-order valence-corrected chi connectivity index (χ0v) is 9.43. The van der Waals surface area contributed by atoms with Crippen molar-refractivity contribution in [2.45, 2.75) is 31.2 Å². The zero-order chi connectivity index (χ0) is 12.3. The van der Waals surface area contributed by atoms with Crippen molar-refractivity contribution in [3.8, 4) is 0 Å². The van der Waals surface area contributed by atoms with Crippen molar-refractivity contribution in [1.82, 2.24) is 5.32 Å². The molecule has 1 saturated heterocycles. The number of hydrogen-bond donors (Lipinski definition) is 2. The van der Waals surface area contributed by atoms with Gasteiger partial charge in [-0.3, -0.25) is 9.59 Å². The molecule has 2 unspecified atom stereocenters. The van der Waals surface area contributed by atoms with Crippen LogP contribution >= 0.6 is 0 Å². The third-order valence-corrected chi connectivity index (χ3v) is 3.09. The van der Waals surface area contributed by atoms with Crippen LogP contribution in [0, 0.1) is 0 Å². The molecule has 0 bridgehead atoms. The van der Waals surface area contributed by atoms with Crippen LogP contribution < -0.4 is 5.32 Å². The lowest BCUT2D eigenvalue weighted by molar-refractivity contribution is -0.140. The largest absolute Gasteiger partial charge is 0.481 e. The van der Waals surface area contributed by atoms with Crippen molar-refractivity contribution >= 4 is 11.9 Å². The molecule has 1 fully saturated rings. The molecule has 1 aromatic carbocycles. The highest BCUT2D eigenvalue weighted by Crippen LogP contribution is 2.25. The fraction of sp³-hybridized carbons (Fsp3) is 0.385. The van der Waals surface area contributed by atoms with Crippen LogP contribution in [0.5, 0.6) is 0 Å². The zero-order valence-electron chi connectivity index (χ0n) is 9.43. The maximum Gasteiger partial charge on any atom is 0.313 e. The smallest absolute Gasteiger partial charge is 0.313 e. The van der Waals surface area contributed by atoms with E-state index in [2.05, 4.69) is 5.32 Å². The quantitative estimate of drug-likeness (QED) is 0.831. The summed E-state index contributed by atoms with van der Waals surface area (Å²) in [5, 5.41) is 12.1. The molecule has 2 atom stereocenters. The van der Waals surface area contributed by atoms with Crippen LogP contribution in [0.3, 0.4) is 0 Å². The molecule has 1 aliphatic rings. The van der Waals surface area contributed by atoms with Crippen LogP contribution in [0.2, 0.25) is 0 Å². The number of amides is 1. The van der Waals surface area contributed by atoms with Crippen LogP contribution in [0.1, 0.15) is 30.7 Å². The van der Waals surface area contributed by atoms with E-state index in [0.717, 1.165) is 18.4 Å². The number of carbonyl (C=O) groups excluding carboxylic acids is 1. The van der Waals surface area contributed by atoms with Gasteiger partial charge in [0.05, 0.1) is 0 Å². The highest BCUT2D eigenvalue weighted by molar-refractivity contribution is 5.81. The van der Waals surface area contributed by atoms with Crippen LogP contribution in [-0.2, 0) is 9.59 Å². The Morgan fingerprint density at radius 1 is 1.35 bits per heavy atom. The second kappa shape index (κ2) is 4.99. The van der Waals surface area contributed by atoms with Crippen molar-refractivity contribution < 1.29 is 14.7 Å². The summed E-state index contributed by atoms with van der Waals surface area (Å²) in [5.41, 5.74) is 0.743. The van der Waals surface area contributed by atoms with E-state index in [1.807, 2.05) is 18.2 Å². The van der Waals surface area contributed by atoms with E-state index in [4.69, 9.17) is 0 Å². The minimum Gasteiger partial charge on any atom is -0.481 e. The topological polar surface area (TPSA) is 66.4 Å². The van der Waals surface area contributed by atoms with Gasteiger partial charge in [0.1, 0.15) is 5.92 Å². The van der Waals surface area contributed by atoms with E-state index < -0.39 is 11.9 Å². The molecule has 4 heteroatoms. The van der Waals surface area contributed by atoms with E-state index in [0.29, 0.717) is 6.42 Å². The fourth-order valence-electron chi connectivity index (χ4n) is 2.29. The Kier molecular flexibility index (Phi) is 3.42. The average molecular weight is 233 g/mol. The molecular weight excluding hydrogens is 218 g/mol. The first-order valence-electron chi connectivity index (χ1n) is 5.75. The molecule has 1 aliphatic heterocycles. The molecule has 0 saturated carbocycles. The van der Waals surface area contributed by atoms with E-state index in [9.17, 15) is 14.7 Å². The van der Waals surface area contributed by atoms with Crippen molar-refractivity contribution in [3.63, 3.8) is 0 Å². The molecule has 0 aliphatic carbocycles. The first-order chi connectivity index (χ1) is 8.18. The molecule has 2 rings (SSSR count). The average Bonchev–Trinajstić information content (AvgIpc) is 2.30. The van der Waals surface area contributed by atoms with Crippen LogP contribution in [0.4, 0.5) is 0 Å². The highest BCUT2D eigenvalue weighted by Gasteiger charge is 2.32. The van der Waals surface area contributed by atoms with Gasteiger partial charge in [-0.25, -0.2) is 0 Å². The van der Waals surface area contributed by atoms with E-state index in [1.54, 1.807) is 12.1 Å². The molecule has 90 valence electrons. The minimum absolute atomic E-state index is 0.0524. The van der Waals surface area contributed by atoms with Crippen molar-refractivity contribution in [2.75, 3.05) is 0 Å². The molecule has 1 amide bonds. The SMILES string of the molecule is O=C1CCCC(C(C(=O)O)c2ccccc2)N1. The van der Waals surface area contributed by atoms with Gasteiger partial charge in [0.25, 0.3) is 0 Å². The van der Waals surface area contributed by atoms with E-state index in [1.165, 1.54) is 0 Å². The maximum absolute atomic E-state index is 11.4. The van der Waals surface area contributed by atoms with Crippen LogP contribution in [0.15, 0.2) is 30.3 Å². The van der Waals surface area contributed by atoms with Crippen molar-refractivity contribution in [3.05, 3.63) is 35.9 Å². The number of nitrogens with one attached hydrogen (secondary N) is 1. The summed E-state index contributed by atoms with van der Waals surface area (Å²) >= 11 is 0. The Balaban J connectivity index is 2.23. The summed E-state index contributed by atoms with van der Waals surface area (Å²) in [6, 6.07) is 8.77. The van der Waals surface area contributed by atoms with Crippen molar-refractivity contribution in [2.24, 2.45) is 0 Å². The van der Waals surface area contributed by atoms with Crippen molar-refractivity contribution in [1.29, 1.82) is 0 Å². The normalized spacial score (nSPS) is 21.6. The lowest BCUT2D eigenvalue weighted by Gasteiger charge is -2.28. The Labute approximate surface area is 99.6 Å². The summed E-state index contributed by atoms with van der Waals surface area (Å²) in [6.45, 7) is 0. The summed E-state index contributed by atoms with van der Waals surface area (Å²) in [7, 11) is 0. The monoisotopic (exact) mass is 233 g/mol. The maximum atomic E-state index is 11.4. The van der Waals surface area contributed by atoms with Crippen LogP contribution in [0.25, 0.3) is 0 Å². The number of carbonyl (C=O) groups is 2. The van der Waals surface area contributed by atoms with Gasteiger partial charge in [-0.15, -0.1) is 0 Å². The summed E-state index contributed by atoms with van der Waals surface area (Å²) in [4.78, 5) is 22.7. The Hall–Kier alpha value is -1.84. The summed E-state index contributed by atoms with van der Waals surface area (Å²) < 4.78 is 0. The first kappa shape index (κ1) is 11.6. The molecule has 0 radical (unpaired) electrons. The molecule has 17 heavy (non-hydrogen) atoms. The van der Waals surface area contributed by atoms with Gasteiger partial charge in [-0.1, -0.05) is 30.3 Å². The highest BCUT2D eigenvalue weighted by atomic mass is 16.4. The molecule has 4 nitrogen and oxygen atoms in total. The van der Waals surface area contributed by atoms with Gasteiger partial charge in [-0.2, -0.15) is 0 Å². The number of benzene rings is 1. The number of rotatable bonds is 3. The first-order valence-corrected chi connectivity index (χ1v) is 5.75. The lowest BCUT2D eigenvalue weighted by atomic mass is 9.86. The predicted molar refractivity (Wildman–Crippen MR) is 62.6 cm³/mol. The molecule has 1 aromatic rings. The Morgan fingerprint density at radius 3 is 2.65 bits per heavy atom. The Bertz CT molecular complexity index is 416. The second-order valence-corrected chi connectivity index (χ2v) is 4.29. The molecular formula is C13H15NO3. The van der Waals surface area contributed by atoms with Gasteiger partial charge >= 0.3 is 5.97 Å². The molecule has 0 aromatic heterocycles. The van der Waals surface area contributed by atoms with Crippen LogP contribution in [-0.4, -0.2) is 23.0 Å². The standard InChI is InChI=1S/C13H15NO3/c15-11-8-4-7-10(14-11)12(13(16)17)9-5-2-1-3-6-9/h1-3,5-6,10,12H,4,7-8H2,(H,14,15)(H,16,17). The van der Waals surface area contributed by atoms with Gasteiger partial charge in [0.2, 0.25) is 5.91 Å². The summed E-state index contributed by atoms with van der Waals surface area (Å²) in [6.07, 6.45) is 1.97. The number of carboxylic acid groups (broad SMARTS) is 1. The van der Waals surface area contributed by atoms with Gasteiger partial charge in [-0.05, 0) is 18.4 Å². The second-order valence-electron chi connectivity index (χ2n) is 4.29. The molecule has 0 spiro atoms. The van der Waals surface area contributed by atoms with Gasteiger partial charge in [0, 0.05) is 12.5 Å². The number of carboxylic acids is 1. The minimum atomic E-state index is -0.886. The third-order valence-electron chi connectivity index (χ3n) is 3.09.